The third kappa shape index (κ3) is 67.7. The van der Waals surface area contributed by atoms with Crippen molar-refractivity contribution in [2.45, 2.75) is 309 Å². The number of carbonyl (C=O) groups is 3. The largest absolute Gasteiger partial charge is 0.472 e. The Morgan fingerprint density at radius 2 is 0.582 bits per heavy atom. The first-order valence-electron chi connectivity index (χ1n) is 35.5. The van der Waals surface area contributed by atoms with E-state index >= 15 is 0 Å². The predicted octanol–water partition coefficient (Wildman–Crippen LogP) is 19.9. The zero-order valence-electron chi connectivity index (χ0n) is 57.0. The minimum atomic E-state index is -4.92. The zero-order valence-corrected chi connectivity index (χ0v) is 58.8. The third-order valence-corrected chi connectivity index (χ3v) is 16.7. The van der Waals surface area contributed by atoms with Crippen molar-refractivity contribution in [3.8, 4) is 0 Å². The van der Waals surface area contributed by atoms with Crippen molar-refractivity contribution < 1.29 is 75.8 Å². The Labute approximate surface area is 552 Å². The van der Waals surface area contributed by atoms with Crippen LogP contribution in [0.5, 0.6) is 0 Å². The second-order valence-electron chi connectivity index (χ2n) is 23.6. The number of allylic oxidation sites excluding steroid dienone is 16. The Morgan fingerprint density at radius 3 is 0.923 bits per heavy atom. The standard InChI is InChI=1S/C73H128O16P2/c1-4-7-10-13-16-19-22-25-27-28-29-30-31-32-33-34-35-36-37-38-40-43-44-47-50-53-56-59-71(76)83-62-68(74)63-85-90(79,80)86-64-69(75)65-87-91(81,82)88-67-70(89-73(78)61-58-55-52-49-46-41-24-21-18-15-12-9-6-3)66-84-72(77)60-57-54-51-48-45-42-39-26-23-20-17-14-11-8-5-2/h7-8,10-11,16-17,19-20,25-27,29-30,32-33,39,68-70,74-75H,4-6,9,12-15,18,21-24,28,31,34-38,40-67H2,1-3H3,(H,79,80)(H,81,82)/b10-7-,11-8-,19-16-,20-17-,27-25-,30-29-,33-32-,39-26-. The molecule has 0 amide bonds. The number of phosphoric acid groups is 2. The molecule has 0 spiro atoms. The van der Waals surface area contributed by atoms with Crippen molar-refractivity contribution in [1.29, 1.82) is 0 Å². The number of hydrogen-bond acceptors (Lipinski definition) is 14. The lowest BCUT2D eigenvalue weighted by atomic mass is 10.0. The minimum Gasteiger partial charge on any atom is -0.463 e. The molecule has 0 aromatic carbocycles. The number of unbranched alkanes of at least 4 members (excludes halogenated alkanes) is 28. The van der Waals surface area contributed by atoms with Gasteiger partial charge in [0.15, 0.2) is 6.10 Å². The maximum atomic E-state index is 12.9. The molecule has 5 unspecified atom stereocenters. The fraction of sp³-hybridized carbons (Fsp3) is 0.740. The van der Waals surface area contributed by atoms with Gasteiger partial charge in [0, 0.05) is 19.3 Å². The summed E-state index contributed by atoms with van der Waals surface area (Å²) in [6, 6.07) is 0. The highest BCUT2D eigenvalue weighted by Gasteiger charge is 2.29. The summed E-state index contributed by atoms with van der Waals surface area (Å²) in [6.45, 7) is 2.44. The molecule has 0 aliphatic carbocycles. The second kappa shape index (κ2) is 66.5. The number of aliphatic hydroxyl groups excluding tert-OH is 2. The summed E-state index contributed by atoms with van der Waals surface area (Å²) in [5.74, 6) is -1.59. The van der Waals surface area contributed by atoms with E-state index < -0.39 is 91.5 Å². The molecule has 91 heavy (non-hydrogen) atoms. The number of rotatable bonds is 67. The fourth-order valence-electron chi connectivity index (χ4n) is 9.44. The molecular formula is C73H128O16P2. The molecule has 0 saturated heterocycles. The summed E-state index contributed by atoms with van der Waals surface area (Å²) in [7, 11) is -9.77. The topological polar surface area (TPSA) is 231 Å². The van der Waals surface area contributed by atoms with Crippen LogP contribution in [0.25, 0.3) is 0 Å². The van der Waals surface area contributed by atoms with Crippen LogP contribution in [0.4, 0.5) is 0 Å². The van der Waals surface area contributed by atoms with Crippen LogP contribution in [-0.4, -0.2) is 95.9 Å². The molecule has 0 radical (unpaired) electrons. The van der Waals surface area contributed by atoms with Crippen molar-refractivity contribution in [1.82, 2.24) is 0 Å². The molecular weight excluding hydrogens is 1190 g/mol. The van der Waals surface area contributed by atoms with E-state index in [9.17, 15) is 43.5 Å². The summed E-state index contributed by atoms with van der Waals surface area (Å²) in [4.78, 5) is 58.4. The fourth-order valence-corrected chi connectivity index (χ4v) is 11.0. The van der Waals surface area contributed by atoms with Gasteiger partial charge in [-0.1, -0.05) is 272 Å². The minimum absolute atomic E-state index is 0.104. The van der Waals surface area contributed by atoms with Gasteiger partial charge in [0.2, 0.25) is 0 Å². The highest BCUT2D eigenvalue weighted by molar-refractivity contribution is 7.47. The Kier molecular flexibility index (Phi) is 63.9. The molecule has 5 atom stereocenters. The molecule has 0 aromatic heterocycles. The van der Waals surface area contributed by atoms with E-state index in [1.807, 2.05) is 0 Å². The van der Waals surface area contributed by atoms with E-state index in [1.165, 1.54) is 96.3 Å². The molecule has 0 aliphatic rings. The molecule has 526 valence electrons. The average molecular weight is 1320 g/mol. The van der Waals surface area contributed by atoms with Crippen molar-refractivity contribution in [2.75, 3.05) is 39.6 Å². The number of ether oxygens (including phenoxy) is 3. The van der Waals surface area contributed by atoms with Gasteiger partial charge in [-0.05, 0) is 96.3 Å². The lowest BCUT2D eigenvalue weighted by Gasteiger charge is -2.21. The van der Waals surface area contributed by atoms with Crippen LogP contribution >= 0.6 is 15.6 Å². The molecule has 0 heterocycles. The highest BCUT2D eigenvalue weighted by atomic mass is 31.2. The van der Waals surface area contributed by atoms with Gasteiger partial charge < -0.3 is 34.2 Å². The molecule has 0 aromatic rings. The normalized spacial score (nSPS) is 14.8. The molecule has 0 saturated carbocycles. The quantitative estimate of drug-likeness (QED) is 0.0146. The van der Waals surface area contributed by atoms with E-state index in [1.54, 1.807) is 0 Å². The highest BCUT2D eigenvalue weighted by Crippen LogP contribution is 2.45. The Balaban J connectivity index is 4.49. The summed E-state index contributed by atoms with van der Waals surface area (Å²) in [6.07, 6.45) is 73.2. The molecule has 4 N–H and O–H groups in total. The summed E-state index contributed by atoms with van der Waals surface area (Å²) in [5, 5.41) is 20.6. The van der Waals surface area contributed by atoms with E-state index in [0.717, 1.165) is 135 Å². The lowest BCUT2D eigenvalue weighted by molar-refractivity contribution is -0.161. The second-order valence-corrected chi connectivity index (χ2v) is 26.5. The van der Waals surface area contributed by atoms with Gasteiger partial charge in [0.25, 0.3) is 0 Å². The Hall–Kier alpha value is -3.53. The van der Waals surface area contributed by atoms with Gasteiger partial charge in [-0.25, -0.2) is 9.13 Å². The van der Waals surface area contributed by atoms with Crippen LogP contribution in [0.3, 0.4) is 0 Å². The van der Waals surface area contributed by atoms with Crippen molar-refractivity contribution in [2.24, 2.45) is 0 Å². The van der Waals surface area contributed by atoms with E-state index in [-0.39, 0.29) is 19.3 Å². The van der Waals surface area contributed by atoms with Crippen LogP contribution < -0.4 is 0 Å². The number of aliphatic hydroxyl groups is 2. The van der Waals surface area contributed by atoms with Crippen LogP contribution in [0.15, 0.2) is 97.2 Å². The SMILES string of the molecule is CC/C=C\C/C=C\C/C=C\C/C=C\C/C=C\CCCCCCCCCCCCCC(=O)OCC(O)COP(=O)(O)OCC(O)COP(=O)(O)OCC(COC(=O)CCCCCCC/C=C\C/C=C\C/C=C\CC)OC(=O)CCCCCCCCCCCCCCC. The van der Waals surface area contributed by atoms with E-state index in [2.05, 4.69) is 118 Å². The zero-order chi connectivity index (χ0) is 66.7. The van der Waals surface area contributed by atoms with Gasteiger partial charge in [-0.2, -0.15) is 0 Å². The molecule has 0 aliphatic heterocycles. The monoisotopic (exact) mass is 1320 g/mol. The molecule has 16 nitrogen and oxygen atoms in total. The Bertz CT molecular complexity index is 2050. The van der Waals surface area contributed by atoms with Gasteiger partial charge >= 0.3 is 33.6 Å². The van der Waals surface area contributed by atoms with Gasteiger partial charge in [-0.3, -0.25) is 32.5 Å². The van der Waals surface area contributed by atoms with Crippen LogP contribution in [-0.2, 0) is 55.8 Å². The van der Waals surface area contributed by atoms with Gasteiger partial charge in [0.1, 0.15) is 25.4 Å². The van der Waals surface area contributed by atoms with E-state index in [4.69, 9.17) is 32.3 Å². The van der Waals surface area contributed by atoms with Crippen LogP contribution in [0.2, 0.25) is 0 Å². The number of carbonyl (C=O) groups excluding carboxylic acids is 3. The Morgan fingerprint density at radius 1 is 0.319 bits per heavy atom. The average Bonchev–Trinajstić information content (AvgIpc) is 3.70. The van der Waals surface area contributed by atoms with Crippen molar-refractivity contribution >= 4 is 33.6 Å². The number of hydrogen-bond donors (Lipinski definition) is 4. The summed E-state index contributed by atoms with van der Waals surface area (Å²) in [5.41, 5.74) is 0. The first kappa shape index (κ1) is 87.5. The first-order valence-corrected chi connectivity index (χ1v) is 38.5. The third-order valence-electron chi connectivity index (χ3n) is 14.8. The lowest BCUT2D eigenvalue weighted by Crippen LogP contribution is -2.30. The predicted molar refractivity (Wildman–Crippen MR) is 371 cm³/mol. The van der Waals surface area contributed by atoms with Gasteiger partial charge in [-0.15, -0.1) is 0 Å². The van der Waals surface area contributed by atoms with Crippen LogP contribution in [0, 0.1) is 0 Å². The van der Waals surface area contributed by atoms with Crippen molar-refractivity contribution in [3.63, 3.8) is 0 Å². The maximum absolute atomic E-state index is 12.9. The molecule has 18 heteroatoms. The molecule has 0 bridgehead atoms. The summed E-state index contributed by atoms with van der Waals surface area (Å²) >= 11 is 0. The van der Waals surface area contributed by atoms with Crippen molar-refractivity contribution in [3.05, 3.63) is 97.2 Å². The van der Waals surface area contributed by atoms with E-state index in [0.29, 0.717) is 19.3 Å². The first-order chi connectivity index (χ1) is 44.2. The molecule has 0 rings (SSSR count). The van der Waals surface area contributed by atoms with Gasteiger partial charge in [0.05, 0.1) is 26.4 Å². The number of phosphoric ester groups is 2. The smallest absolute Gasteiger partial charge is 0.463 e. The maximum Gasteiger partial charge on any atom is 0.472 e. The molecule has 0 fully saturated rings. The van der Waals surface area contributed by atoms with Crippen LogP contribution in [0.1, 0.15) is 290 Å². The summed E-state index contributed by atoms with van der Waals surface area (Å²) < 4.78 is 60.9. The number of esters is 3.